The number of nitrogens with one attached hydrogen (secondary N) is 1. The summed E-state index contributed by atoms with van der Waals surface area (Å²) in [5, 5.41) is 1.12. The quantitative estimate of drug-likeness (QED) is 0.496. The lowest BCUT2D eigenvalue weighted by Crippen LogP contribution is -2.25. The first-order valence-corrected chi connectivity index (χ1v) is 9.44. The molecule has 0 saturated heterocycles. The largest absolute Gasteiger partial charge is 0.339 e. The third kappa shape index (κ3) is 3.55. The molecule has 6 nitrogen and oxygen atoms in total. The van der Waals surface area contributed by atoms with Crippen molar-refractivity contribution in [2.75, 3.05) is 0 Å². The highest BCUT2D eigenvalue weighted by Gasteiger charge is 2.14. The SMILES string of the molecule is CCn1c(Cc2ccc(Cl)cc2Cl)cn(Cc2nc3nc(F)ccc3[nH]2)c1=O. The van der Waals surface area contributed by atoms with Gasteiger partial charge in [0, 0.05) is 34.9 Å². The molecule has 0 bridgehead atoms. The van der Waals surface area contributed by atoms with Crippen LogP contribution in [0.3, 0.4) is 0 Å². The summed E-state index contributed by atoms with van der Waals surface area (Å²) in [5.41, 5.74) is 2.46. The molecule has 0 spiro atoms. The van der Waals surface area contributed by atoms with Gasteiger partial charge in [-0.15, -0.1) is 0 Å². The minimum Gasteiger partial charge on any atom is -0.339 e. The van der Waals surface area contributed by atoms with Crippen LogP contribution in [0.2, 0.25) is 10.0 Å². The minimum atomic E-state index is -0.595. The van der Waals surface area contributed by atoms with Crippen LogP contribution in [-0.2, 0) is 19.5 Å². The molecule has 0 fully saturated rings. The summed E-state index contributed by atoms with van der Waals surface area (Å²) in [7, 11) is 0. The zero-order chi connectivity index (χ0) is 19.8. The number of halogens is 3. The molecule has 1 N–H and O–H groups in total. The maximum absolute atomic E-state index is 13.3. The fourth-order valence-electron chi connectivity index (χ4n) is 3.19. The van der Waals surface area contributed by atoms with Crippen LogP contribution in [0.4, 0.5) is 4.39 Å². The summed E-state index contributed by atoms with van der Waals surface area (Å²) in [6.07, 6.45) is 2.29. The van der Waals surface area contributed by atoms with Gasteiger partial charge >= 0.3 is 5.69 Å². The Morgan fingerprint density at radius 1 is 1.18 bits per heavy atom. The Morgan fingerprint density at radius 3 is 2.75 bits per heavy atom. The molecule has 9 heteroatoms. The first-order chi connectivity index (χ1) is 13.4. The molecule has 0 aliphatic rings. The molecular formula is C19H16Cl2FN5O. The number of hydrogen-bond donors (Lipinski definition) is 1. The highest BCUT2D eigenvalue weighted by Crippen LogP contribution is 2.23. The standard InChI is InChI=1S/C19H16Cl2FN5O/c1-2-27-13(7-11-3-4-12(20)8-14(11)21)9-26(19(27)28)10-17-23-15-5-6-16(22)24-18(15)25-17/h3-6,8-9H,2,7,10H2,1H3,(H,23,24,25). The van der Waals surface area contributed by atoms with Crippen molar-refractivity contribution in [2.45, 2.75) is 26.4 Å². The van der Waals surface area contributed by atoms with Crippen LogP contribution in [0, 0.1) is 5.95 Å². The fourth-order valence-corrected chi connectivity index (χ4v) is 3.67. The summed E-state index contributed by atoms with van der Waals surface area (Å²) < 4.78 is 16.5. The van der Waals surface area contributed by atoms with Crippen molar-refractivity contribution in [3.63, 3.8) is 0 Å². The number of imidazole rings is 2. The van der Waals surface area contributed by atoms with Crippen LogP contribution < -0.4 is 5.69 Å². The van der Waals surface area contributed by atoms with Gasteiger partial charge < -0.3 is 4.98 Å². The fraction of sp³-hybridized carbons (Fsp3) is 0.211. The van der Waals surface area contributed by atoms with E-state index in [0.717, 1.165) is 11.3 Å². The molecular weight excluding hydrogens is 404 g/mol. The van der Waals surface area contributed by atoms with E-state index in [0.29, 0.717) is 34.4 Å². The predicted molar refractivity (Wildman–Crippen MR) is 107 cm³/mol. The summed E-state index contributed by atoms with van der Waals surface area (Å²) in [6, 6.07) is 8.14. The van der Waals surface area contributed by atoms with E-state index in [2.05, 4.69) is 15.0 Å². The lowest BCUT2D eigenvalue weighted by Gasteiger charge is -2.06. The van der Waals surface area contributed by atoms with Gasteiger partial charge in [-0.3, -0.25) is 9.13 Å². The van der Waals surface area contributed by atoms with Crippen molar-refractivity contribution in [2.24, 2.45) is 0 Å². The first-order valence-electron chi connectivity index (χ1n) is 8.68. The third-order valence-electron chi connectivity index (χ3n) is 4.51. The molecule has 4 aromatic rings. The zero-order valence-corrected chi connectivity index (χ0v) is 16.4. The smallest absolute Gasteiger partial charge is 0.328 e. The molecule has 144 valence electrons. The molecule has 3 aromatic heterocycles. The maximum atomic E-state index is 13.3. The Hall–Kier alpha value is -2.64. The third-order valence-corrected chi connectivity index (χ3v) is 5.10. The number of H-pyrrole nitrogens is 1. The van der Waals surface area contributed by atoms with Crippen molar-refractivity contribution >= 4 is 34.4 Å². The van der Waals surface area contributed by atoms with Crippen molar-refractivity contribution in [1.82, 2.24) is 24.1 Å². The number of rotatable bonds is 5. The van der Waals surface area contributed by atoms with Crippen LogP contribution in [-0.4, -0.2) is 24.1 Å². The van der Waals surface area contributed by atoms with Crippen LogP contribution in [0.1, 0.15) is 24.0 Å². The van der Waals surface area contributed by atoms with Crippen LogP contribution in [0.15, 0.2) is 41.3 Å². The van der Waals surface area contributed by atoms with Crippen molar-refractivity contribution in [3.05, 3.63) is 80.1 Å². The lowest BCUT2D eigenvalue weighted by atomic mass is 10.1. The molecule has 0 radical (unpaired) electrons. The molecule has 1 aromatic carbocycles. The molecule has 28 heavy (non-hydrogen) atoms. The number of benzene rings is 1. The molecule has 4 rings (SSSR count). The highest BCUT2D eigenvalue weighted by molar-refractivity contribution is 6.35. The summed E-state index contributed by atoms with van der Waals surface area (Å²) >= 11 is 12.2. The molecule has 0 saturated carbocycles. The van der Waals surface area contributed by atoms with Gasteiger partial charge in [-0.05, 0) is 36.8 Å². The van der Waals surface area contributed by atoms with Gasteiger partial charge in [-0.1, -0.05) is 29.3 Å². The van der Waals surface area contributed by atoms with E-state index in [-0.39, 0.29) is 17.9 Å². The first kappa shape index (κ1) is 18.7. The van der Waals surface area contributed by atoms with Gasteiger partial charge in [0.2, 0.25) is 5.95 Å². The summed E-state index contributed by atoms with van der Waals surface area (Å²) in [4.78, 5) is 23.9. The van der Waals surface area contributed by atoms with Gasteiger partial charge in [0.05, 0.1) is 12.1 Å². The van der Waals surface area contributed by atoms with E-state index in [1.54, 1.807) is 33.5 Å². The second-order valence-corrected chi connectivity index (χ2v) is 7.22. The van der Waals surface area contributed by atoms with E-state index in [1.165, 1.54) is 6.07 Å². The van der Waals surface area contributed by atoms with E-state index in [9.17, 15) is 9.18 Å². The average Bonchev–Trinajstić information content (AvgIpc) is 3.17. The van der Waals surface area contributed by atoms with Gasteiger partial charge in [-0.2, -0.15) is 9.37 Å². The number of nitrogens with zero attached hydrogens (tertiary/aromatic N) is 4. The Bertz CT molecular complexity index is 1230. The highest BCUT2D eigenvalue weighted by atomic mass is 35.5. The van der Waals surface area contributed by atoms with E-state index in [4.69, 9.17) is 23.2 Å². The zero-order valence-electron chi connectivity index (χ0n) is 14.9. The molecule has 0 amide bonds. The maximum Gasteiger partial charge on any atom is 0.328 e. The molecule has 0 unspecified atom stereocenters. The number of aromatic amines is 1. The normalized spacial score (nSPS) is 11.4. The number of hydrogen-bond acceptors (Lipinski definition) is 3. The molecule has 0 aliphatic carbocycles. The van der Waals surface area contributed by atoms with Gasteiger partial charge in [0.15, 0.2) is 5.65 Å². The van der Waals surface area contributed by atoms with Crippen molar-refractivity contribution in [1.29, 1.82) is 0 Å². The van der Waals surface area contributed by atoms with Gasteiger partial charge in [0.25, 0.3) is 0 Å². The van der Waals surface area contributed by atoms with E-state index >= 15 is 0 Å². The van der Waals surface area contributed by atoms with E-state index < -0.39 is 5.95 Å². The average molecular weight is 420 g/mol. The Kier molecular flexibility index (Phi) is 4.95. The summed E-state index contributed by atoms with van der Waals surface area (Å²) in [6.45, 7) is 2.66. The second-order valence-electron chi connectivity index (χ2n) is 6.38. The Morgan fingerprint density at radius 2 is 2.00 bits per heavy atom. The predicted octanol–water partition coefficient (Wildman–Crippen LogP) is 4.03. The van der Waals surface area contributed by atoms with Gasteiger partial charge in [0.1, 0.15) is 5.82 Å². The number of pyridine rings is 1. The Balaban J connectivity index is 1.67. The number of fused-ring (bicyclic) bond motifs is 1. The van der Waals surface area contributed by atoms with Crippen LogP contribution in [0.25, 0.3) is 11.2 Å². The van der Waals surface area contributed by atoms with Crippen molar-refractivity contribution in [3.8, 4) is 0 Å². The van der Waals surface area contributed by atoms with Gasteiger partial charge in [-0.25, -0.2) is 9.78 Å². The minimum absolute atomic E-state index is 0.151. The van der Waals surface area contributed by atoms with Crippen LogP contribution >= 0.6 is 23.2 Å². The van der Waals surface area contributed by atoms with Crippen LogP contribution in [0.5, 0.6) is 0 Å². The molecule has 3 heterocycles. The topological polar surface area (TPSA) is 68.5 Å². The molecule has 0 aliphatic heterocycles. The van der Waals surface area contributed by atoms with Crippen molar-refractivity contribution < 1.29 is 4.39 Å². The second kappa shape index (κ2) is 7.41. The van der Waals surface area contributed by atoms with E-state index in [1.807, 2.05) is 13.0 Å². The molecule has 0 atom stereocenters. The number of aromatic nitrogens is 5. The Labute approximate surface area is 169 Å². The lowest BCUT2D eigenvalue weighted by molar-refractivity contribution is 0.588. The summed E-state index contributed by atoms with van der Waals surface area (Å²) in [5.74, 6) is -0.0680. The monoisotopic (exact) mass is 419 g/mol.